The van der Waals surface area contributed by atoms with Crippen LogP contribution in [0.4, 0.5) is 14.5 Å². The van der Waals surface area contributed by atoms with Crippen LogP contribution in [0.25, 0.3) is 0 Å². The maximum atomic E-state index is 12.5. The molecule has 0 bridgehead atoms. The molecule has 0 aliphatic carbocycles. The lowest BCUT2D eigenvalue weighted by molar-refractivity contribution is -0.119. The average molecular weight is 372 g/mol. The van der Waals surface area contributed by atoms with E-state index in [4.69, 9.17) is 16.3 Å². The molecule has 0 aliphatic rings. The molecule has 2 rings (SSSR count). The number of nitrogens with one attached hydrogen (secondary N) is 1. The van der Waals surface area contributed by atoms with E-state index in [-0.39, 0.29) is 22.2 Å². The highest BCUT2D eigenvalue weighted by atomic mass is 35.5. The van der Waals surface area contributed by atoms with Gasteiger partial charge in [-0.2, -0.15) is 8.78 Å². The summed E-state index contributed by atoms with van der Waals surface area (Å²) in [5.41, 5.74) is 0.363. The van der Waals surface area contributed by atoms with Crippen LogP contribution in [0.2, 0.25) is 5.02 Å². The molecule has 0 atom stereocenters. The number of thioether (sulfide) groups is 1. The molecule has 0 unspecified atom stereocenters. The second-order valence-electron chi connectivity index (χ2n) is 4.48. The van der Waals surface area contributed by atoms with E-state index in [0.717, 1.165) is 0 Å². The van der Waals surface area contributed by atoms with Gasteiger partial charge in [-0.15, -0.1) is 0 Å². The monoisotopic (exact) mass is 371 g/mol. The SMILES string of the molecule is O=C(COC(=O)c1ccccc1SC(F)F)Nc1ccccc1Cl. The number of esters is 1. The Labute approximate surface area is 146 Å². The van der Waals surface area contributed by atoms with Gasteiger partial charge in [0, 0.05) is 4.90 Å². The van der Waals surface area contributed by atoms with Crippen LogP contribution in [-0.4, -0.2) is 24.2 Å². The van der Waals surface area contributed by atoms with Crippen LogP contribution in [0.1, 0.15) is 10.4 Å². The normalized spacial score (nSPS) is 10.5. The van der Waals surface area contributed by atoms with Gasteiger partial charge >= 0.3 is 5.97 Å². The predicted octanol–water partition coefficient (Wildman–Crippen LogP) is 4.45. The molecule has 1 N–H and O–H groups in total. The van der Waals surface area contributed by atoms with E-state index in [1.54, 1.807) is 24.3 Å². The minimum Gasteiger partial charge on any atom is -0.452 e. The third kappa shape index (κ3) is 5.21. The lowest BCUT2D eigenvalue weighted by Crippen LogP contribution is -2.21. The van der Waals surface area contributed by atoms with E-state index in [0.29, 0.717) is 10.7 Å². The number of anilines is 1. The van der Waals surface area contributed by atoms with E-state index in [9.17, 15) is 18.4 Å². The van der Waals surface area contributed by atoms with Crippen molar-refractivity contribution in [3.8, 4) is 0 Å². The summed E-state index contributed by atoms with van der Waals surface area (Å²) in [7, 11) is 0. The second kappa shape index (κ2) is 8.65. The fourth-order valence-corrected chi connectivity index (χ4v) is 2.60. The van der Waals surface area contributed by atoms with Crippen molar-refractivity contribution in [1.29, 1.82) is 0 Å². The second-order valence-corrected chi connectivity index (χ2v) is 5.92. The number of hydrogen-bond donors (Lipinski definition) is 1. The number of amides is 1. The van der Waals surface area contributed by atoms with Crippen molar-refractivity contribution in [2.75, 3.05) is 11.9 Å². The Bertz CT molecular complexity index is 743. The van der Waals surface area contributed by atoms with Gasteiger partial charge in [0.05, 0.1) is 16.3 Å². The first-order valence-corrected chi connectivity index (χ1v) is 7.98. The minimum atomic E-state index is -2.66. The number of hydrogen-bond acceptors (Lipinski definition) is 4. The van der Waals surface area contributed by atoms with Crippen LogP contribution >= 0.6 is 23.4 Å². The topological polar surface area (TPSA) is 55.4 Å². The Balaban J connectivity index is 1.96. The van der Waals surface area contributed by atoms with E-state index in [2.05, 4.69) is 5.32 Å². The van der Waals surface area contributed by atoms with Gasteiger partial charge < -0.3 is 10.1 Å². The molecule has 0 aliphatic heterocycles. The molecule has 2 aromatic carbocycles. The number of carbonyl (C=O) groups is 2. The largest absolute Gasteiger partial charge is 0.452 e. The molecule has 0 radical (unpaired) electrons. The maximum absolute atomic E-state index is 12.5. The summed E-state index contributed by atoms with van der Waals surface area (Å²) in [5.74, 6) is -4.11. The molecule has 0 saturated heterocycles. The molecular weight excluding hydrogens is 360 g/mol. The number of benzene rings is 2. The van der Waals surface area contributed by atoms with Crippen molar-refractivity contribution in [3.63, 3.8) is 0 Å². The number of ether oxygens (including phenoxy) is 1. The molecule has 8 heteroatoms. The number of alkyl halides is 2. The Kier molecular flexibility index (Phi) is 6.57. The van der Waals surface area contributed by atoms with Crippen molar-refractivity contribution < 1.29 is 23.1 Å². The number of halogens is 3. The zero-order valence-corrected chi connectivity index (χ0v) is 13.7. The average Bonchev–Trinajstić information content (AvgIpc) is 2.55. The van der Waals surface area contributed by atoms with Crippen LogP contribution in [0.15, 0.2) is 53.4 Å². The van der Waals surface area contributed by atoms with Crippen molar-refractivity contribution >= 4 is 40.9 Å². The molecule has 0 fully saturated rings. The molecule has 126 valence electrons. The van der Waals surface area contributed by atoms with Crippen molar-refractivity contribution in [2.45, 2.75) is 10.7 Å². The minimum absolute atomic E-state index is 0.0201. The van der Waals surface area contributed by atoms with Crippen molar-refractivity contribution in [1.82, 2.24) is 0 Å². The summed E-state index contributed by atoms with van der Waals surface area (Å²) in [6.07, 6.45) is 0. The summed E-state index contributed by atoms with van der Waals surface area (Å²) in [6.45, 7) is -0.558. The highest BCUT2D eigenvalue weighted by molar-refractivity contribution is 7.99. The molecule has 4 nitrogen and oxygen atoms in total. The van der Waals surface area contributed by atoms with Crippen LogP contribution in [-0.2, 0) is 9.53 Å². The summed E-state index contributed by atoms with van der Waals surface area (Å²) < 4.78 is 29.9. The van der Waals surface area contributed by atoms with Crippen LogP contribution in [0, 0.1) is 0 Å². The van der Waals surface area contributed by atoms with Gasteiger partial charge in [-0.1, -0.05) is 47.6 Å². The van der Waals surface area contributed by atoms with Gasteiger partial charge in [0.2, 0.25) is 0 Å². The first kappa shape index (κ1) is 18.2. The van der Waals surface area contributed by atoms with Gasteiger partial charge in [0.1, 0.15) is 0 Å². The Hall–Kier alpha value is -2.12. The van der Waals surface area contributed by atoms with E-state index >= 15 is 0 Å². The molecular formula is C16H12ClF2NO3S. The highest BCUT2D eigenvalue weighted by Crippen LogP contribution is 2.28. The van der Waals surface area contributed by atoms with Gasteiger partial charge in [-0.3, -0.25) is 4.79 Å². The number of carbonyl (C=O) groups excluding carboxylic acids is 2. The lowest BCUT2D eigenvalue weighted by atomic mass is 10.2. The molecule has 0 heterocycles. The number of rotatable bonds is 6. The Morgan fingerprint density at radius 1 is 1.12 bits per heavy atom. The van der Waals surface area contributed by atoms with Crippen LogP contribution in [0.5, 0.6) is 0 Å². The quantitative estimate of drug-likeness (QED) is 0.602. The van der Waals surface area contributed by atoms with Crippen LogP contribution in [0.3, 0.4) is 0 Å². The molecule has 24 heavy (non-hydrogen) atoms. The fraction of sp³-hybridized carbons (Fsp3) is 0.125. The van der Waals surface area contributed by atoms with Crippen LogP contribution < -0.4 is 5.32 Å². The Morgan fingerprint density at radius 2 is 1.79 bits per heavy atom. The first-order chi connectivity index (χ1) is 11.5. The summed E-state index contributed by atoms with van der Waals surface area (Å²) in [4.78, 5) is 23.9. The van der Waals surface area contributed by atoms with E-state index < -0.39 is 24.2 Å². The molecule has 0 aromatic heterocycles. The summed E-state index contributed by atoms with van der Waals surface area (Å²) in [6, 6.07) is 12.4. The standard InChI is InChI=1S/C16H12ClF2NO3S/c17-11-6-2-3-7-12(11)20-14(21)9-23-15(22)10-5-1-4-8-13(10)24-16(18)19/h1-8,16H,9H2,(H,20,21). The van der Waals surface area contributed by atoms with Gasteiger partial charge in [-0.05, 0) is 24.3 Å². The molecule has 1 amide bonds. The smallest absolute Gasteiger partial charge is 0.339 e. The van der Waals surface area contributed by atoms with Gasteiger partial charge in [-0.25, -0.2) is 4.79 Å². The zero-order chi connectivity index (χ0) is 17.5. The summed E-state index contributed by atoms with van der Waals surface area (Å²) in [5, 5.41) is 2.83. The molecule has 0 spiro atoms. The number of para-hydroxylation sites is 1. The Morgan fingerprint density at radius 3 is 2.50 bits per heavy atom. The molecule has 2 aromatic rings. The lowest BCUT2D eigenvalue weighted by Gasteiger charge is -2.10. The molecule has 0 saturated carbocycles. The highest BCUT2D eigenvalue weighted by Gasteiger charge is 2.17. The third-order valence-corrected chi connectivity index (χ3v) is 3.92. The first-order valence-electron chi connectivity index (χ1n) is 6.72. The van der Waals surface area contributed by atoms with E-state index in [1.807, 2.05) is 0 Å². The third-order valence-electron chi connectivity index (χ3n) is 2.81. The maximum Gasteiger partial charge on any atom is 0.339 e. The van der Waals surface area contributed by atoms with Crippen molar-refractivity contribution in [3.05, 3.63) is 59.1 Å². The van der Waals surface area contributed by atoms with E-state index in [1.165, 1.54) is 24.3 Å². The zero-order valence-electron chi connectivity index (χ0n) is 12.2. The summed E-state index contributed by atoms with van der Waals surface area (Å²) >= 11 is 6.14. The van der Waals surface area contributed by atoms with Gasteiger partial charge in [0.25, 0.3) is 11.7 Å². The predicted molar refractivity (Wildman–Crippen MR) is 88.7 cm³/mol. The fourth-order valence-electron chi connectivity index (χ4n) is 1.79. The van der Waals surface area contributed by atoms with Crippen molar-refractivity contribution in [2.24, 2.45) is 0 Å². The van der Waals surface area contributed by atoms with Gasteiger partial charge in [0.15, 0.2) is 6.61 Å².